The molecule has 3 aromatic rings. The first-order valence-corrected chi connectivity index (χ1v) is 10.7. The van der Waals surface area contributed by atoms with Crippen molar-refractivity contribution in [1.82, 2.24) is 0 Å². The van der Waals surface area contributed by atoms with Gasteiger partial charge in [0.1, 0.15) is 5.82 Å². The number of rotatable bonds is 6. The summed E-state index contributed by atoms with van der Waals surface area (Å²) in [5.74, 6) is -0.734. The van der Waals surface area contributed by atoms with E-state index in [0.717, 1.165) is 11.1 Å². The molecule has 30 heavy (non-hydrogen) atoms. The number of benzene rings is 3. The van der Waals surface area contributed by atoms with Crippen LogP contribution in [-0.4, -0.2) is 14.3 Å². The second-order valence-electron chi connectivity index (χ2n) is 6.82. The lowest BCUT2D eigenvalue weighted by Crippen LogP contribution is -2.14. The Morgan fingerprint density at radius 3 is 2.27 bits per heavy atom. The molecule has 154 valence electrons. The third-order valence-corrected chi connectivity index (χ3v) is 5.75. The Labute approximate surface area is 175 Å². The van der Waals surface area contributed by atoms with Gasteiger partial charge in [-0.1, -0.05) is 24.3 Å². The van der Waals surface area contributed by atoms with Gasteiger partial charge in [-0.15, -0.1) is 0 Å². The Hall–Kier alpha value is -3.45. The number of aryl methyl sites for hydroxylation is 2. The fourth-order valence-electron chi connectivity index (χ4n) is 2.70. The Kier molecular flexibility index (Phi) is 6.32. The van der Waals surface area contributed by atoms with Crippen LogP contribution in [0.1, 0.15) is 16.7 Å². The first kappa shape index (κ1) is 21.3. The standard InChI is InChI=1S/C23H21FN2O3S/c1-16-3-4-17(2)22(15-16)26-30(28,29)21-12-10-20(11-13-21)25-23(27)14-7-18-5-8-19(24)9-6-18/h3-15,26H,1-2H3,(H,25,27). The van der Waals surface area contributed by atoms with Gasteiger partial charge in [0.2, 0.25) is 5.91 Å². The van der Waals surface area contributed by atoms with Crippen LogP contribution >= 0.6 is 0 Å². The molecule has 3 rings (SSSR count). The molecule has 0 bridgehead atoms. The lowest BCUT2D eigenvalue weighted by atomic mass is 10.1. The molecule has 0 aliphatic rings. The maximum atomic E-state index is 12.9. The first-order chi connectivity index (χ1) is 14.2. The van der Waals surface area contributed by atoms with E-state index in [2.05, 4.69) is 10.0 Å². The van der Waals surface area contributed by atoms with Crippen molar-refractivity contribution in [2.45, 2.75) is 18.7 Å². The van der Waals surface area contributed by atoms with Crippen LogP contribution in [0.25, 0.3) is 6.08 Å². The summed E-state index contributed by atoms with van der Waals surface area (Å²) in [6, 6.07) is 17.1. The number of anilines is 2. The number of hydrogen-bond donors (Lipinski definition) is 2. The van der Waals surface area contributed by atoms with E-state index in [0.29, 0.717) is 16.9 Å². The molecule has 0 aliphatic heterocycles. The number of nitrogens with one attached hydrogen (secondary N) is 2. The molecule has 5 nitrogen and oxygen atoms in total. The molecule has 0 radical (unpaired) electrons. The van der Waals surface area contributed by atoms with Crippen molar-refractivity contribution in [3.63, 3.8) is 0 Å². The van der Waals surface area contributed by atoms with E-state index in [-0.39, 0.29) is 16.6 Å². The average molecular weight is 424 g/mol. The topological polar surface area (TPSA) is 75.3 Å². The Morgan fingerprint density at radius 2 is 1.60 bits per heavy atom. The van der Waals surface area contributed by atoms with Crippen LogP contribution in [0.2, 0.25) is 0 Å². The maximum absolute atomic E-state index is 12.9. The van der Waals surface area contributed by atoms with Gasteiger partial charge < -0.3 is 5.32 Å². The summed E-state index contributed by atoms with van der Waals surface area (Å²) < 4.78 is 40.8. The zero-order valence-corrected chi connectivity index (χ0v) is 17.3. The van der Waals surface area contributed by atoms with Crippen molar-refractivity contribution in [1.29, 1.82) is 0 Å². The molecule has 0 saturated heterocycles. The molecule has 0 atom stereocenters. The van der Waals surface area contributed by atoms with Gasteiger partial charge >= 0.3 is 0 Å². The quantitative estimate of drug-likeness (QED) is 0.553. The molecule has 0 spiro atoms. The fraction of sp³-hybridized carbons (Fsp3) is 0.0870. The number of halogens is 1. The van der Waals surface area contributed by atoms with Gasteiger partial charge in [-0.25, -0.2) is 12.8 Å². The second-order valence-corrected chi connectivity index (χ2v) is 8.50. The molecular formula is C23H21FN2O3S. The maximum Gasteiger partial charge on any atom is 0.261 e. The minimum Gasteiger partial charge on any atom is -0.323 e. The number of amides is 1. The third kappa shape index (κ3) is 5.55. The third-order valence-electron chi connectivity index (χ3n) is 4.37. The molecule has 0 unspecified atom stereocenters. The molecule has 0 fully saturated rings. The van der Waals surface area contributed by atoms with Crippen molar-refractivity contribution >= 4 is 33.4 Å². The van der Waals surface area contributed by atoms with Crippen LogP contribution in [0.15, 0.2) is 77.7 Å². The number of hydrogen-bond acceptors (Lipinski definition) is 3. The number of carbonyl (C=O) groups is 1. The van der Waals surface area contributed by atoms with E-state index in [1.807, 2.05) is 26.0 Å². The summed E-state index contributed by atoms with van der Waals surface area (Å²) in [7, 11) is -3.75. The van der Waals surface area contributed by atoms with Gasteiger partial charge in [0, 0.05) is 11.8 Å². The van der Waals surface area contributed by atoms with Gasteiger partial charge in [-0.05, 0) is 79.1 Å². The monoisotopic (exact) mass is 424 g/mol. The fourth-order valence-corrected chi connectivity index (χ4v) is 3.82. The molecule has 0 aromatic heterocycles. The summed E-state index contributed by atoms with van der Waals surface area (Å²) >= 11 is 0. The first-order valence-electron chi connectivity index (χ1n) is 9.18. The van der Waals surface area contributed by atoms with Crippen molar-refractivity contribution in [3.8, 4) is 0 Å². The molecule has 2 N–H and O–H groups in total. The predicted octanol–water partition coefficient (Wildman–Crippen LogP) is 4.90. The Morgan fingerprint density at radius 1 is 0.933 bits per heavy atom. The highest BCUT2D eigenvalue weighted by atomic mass is 32.2. The Balaban J connectivity index is 1.67. The lowest BCUT2D eigenvalue weighted by molar-refractivity contribution is -0.111. The lowest BCUT2D eigenvalue weighted by Gasteiger charge is -2.12. The predicted molar refractivity (Wildman–Crippen MR) is 117 cm³/mol. The van der Waals surface area contributed by atoms with Gasteiger partial charge in [-0.2, -0.15) is 0 Å². The van der Waals surface area contributed by atoms with E-state index < -0.39 is 10.0 Å². The van der Waals surface area contributed by atoms with Crippen LogP contribution in [0.4, 0.5) is 15.8 Å². The summed E-state index contributed by atoms with van der Waals surface area (Å²) in [4.78, 5) is 12.1. The molecule has 1 amide bonds. The number of sulfonamides is 1. The summed E-state index contributed by atoms with van der Waals surface area (Å²) in [5.41, 5.74) is 3.43. The van der Waals surface area contributed by atoms with Crippen LogP contribution in [0.3, 0.4) is 0 Å². The summed E-state index contributed by atoms with van der Waals surface area (Å²) in [6.45, 7) is 3.72. The highest BCUT2D eigenvalue weighted by Gasteiger charge is 2.15. The SMILES string of the molecule is Cc1ccc(C)c(NS(=O)(=O)c2ccc(NC(=O)C=Cc3ccc(F)cc3)cc2)c1. The summed E-state index contributed by atoms with van der Waals surface area (Å²) in [6.07, 6.45) is 2.88. The van der Waals surface area contributed by atoms with Crippen molar-refractivity contribution < 1.29 is 17.6 Å². The van der Waals surface area contributed by atoms with E-state index >= 15 is 0 Å². The minimum absolute atomic E-state index is 0.0864. The van der Waals surface area contributed by atoms with Crippen molar-refractivity contribution in [2.24, 2.45) is 0 Å². The smallest absolute Gasteiger partial charge is 0.261 e. The van der Waals surface area contributed by atoms with E-state index in [1.165, 1.54) is 42.5 Å². The van der Waals surface area contributed by atoms with E-state index in [1.54, 1.807) is 24.3 Å². The molecule has 7 heteroatoms. The van der Waals surface area contributed by atoms with Crippen molar-refractivity contribution in [3.05, 3.63) is 95.3 Å². The van der Waals surface area contributed by atoms with Crippen LogP contribution in [-0.2, 0) is 14.8 Å². The van der Waals surface area contributed by atoms with Gasteiger partial charge in [0.15, 0.2) is 0 Å². The number of carbonyl (C=O) groups excluding carboxylic acids is 1. The zero-order chi connectivity index (χ0) is 21.7. The van der Waals surface area contributed by atoms with Crippen molar-refractivity contribution in [2.75, 3.05) is 10.0 Å². The minimum atomic E-state index is -3.75. The highest BCUT2D eigenvalue weighted by Crippen LogP contribution is 2.22. The largest absolute Gasteiger partial charge is 0.323 e. The molecule has 0 aliphatic carbocycles. The average Bonchev–Trinajstić information content (AvgIpc) is 2.70. The zero-order valence-electron chi connectivity index (χ0n) is 16.5. The van der Waals surface area contributed by atoms with E-state index in [9.17, 15) is 17.6 Å². The van der Waals surface area contributed by atoms with Gasteiger partial charge in [-0.3, -0.25) is 9.52 Å². The van der Waals surface area contributed by atoms with Gasteiger partial charge in [0.25, 0.3) is 10.0 Å². The highest BCUT2D eigenvalue weighted by molar-refractivity contribution is 7.92. The molecule has 0 saturated carbocycles. The van der Waals surface area contributed by atoms with Crippen LogP contribution in [0, 0.1) is 19.7 Å². The van der Waals surface area contributed by atoms with Crippen LogP contribution in [0.5, 0.6) is 0 Å². The van der Waals surface area contributed by atoms with Crippen LogP contribution < -0.4 is 10.0 Å². The Bertz CT molecular complexity index is 1190. The molecule has 3 aromatic carbocycles. The molecular weight excluding hydrogens is 403 g/mol. The van der Waals surface area contributed by atoms with Gasteiger partial charge in [0.05, 0.1) is 10.6 Å². The normalized spacial score (nSPS) is 11.4. The van der Waals surface area contributed by atoms with E-state index in [4.69, 9.17) is 0 Å². The summed E-state index contributed by atoms with van der Waals surface area (Å²) in [5, 5.41) is 2.65. The second kappa shape index (κ2) is 8.92. The molecule has 0 heterocycles.